The van der Waals surface area contributed by atoms with Gasteiger partial charge in [0.2, 0.25) is 0 Å². The fourth-order valence-corrected chi connectivity index (χ4v) is 0.765. The molecule has 0 rings (SSSR count). The highest BCUT2D eigenvalue weighted by atomic mass is 79.9. The van der Waals surface area contributed by atoms with Crippen molar-refractivity contribution in [3.05, 3.63) is 22.9 Å². The summed E-state index contributed by atoms with van der Waals surface area (Å²) in [5.74, 6) is -0.480. The predicted octanol–water partition coefficient (Wildman–Crippen LogP) is 2.91. The van der Waals surface area contributed by atoms with Crippen molar-refractivity contribution in [1.29, 1.82) is 0 Å². The average Bonchev–Trinajstić information content (AvgIpc) is 1.96. The maximum absolute atomic E-state index is 12.0. The molecule has 0 aliphatic rings. The maximum Gasteiger partial charge on any atom is 0.418 e. The fourth-order valence-electron chi connectivity index (χ4n) is 0.525. The molecule has 0 spiro atoms. The lowest BCUT2D eigenvalue weighted by atomic mass is 10.3. The lowest BCUT2D eigenvalue weighted by Gasteiger charge is -2.15. The van der Waals surface area contributed by atoms with Crippen LogP contribution in [0.1, 0.15) is 0 Å². The van der Waals surface area contributed by atoms with Crippen LogP contribution in [-0.4, -0.2) is 24.5 Å². The van der Waals surface area contributed by atoms with Gasteiger partial charge in [-0.2, -0.15) is 13.2 Å². The van der Waals surface area contributed by atoms with Gasteiger partial charge in [-0.05, 0) is 22.0 Å². The minimum Gasteiger partial charge on any atom is -0.507 e. The van der Waals surface area contributed by atoms with Gasteiger partial charge >= 0.3 is 6.18 Å². The zero-order valence-electron chi connectivity index (χ0n) is 6.73. The molecule has 6 heteroatoms. The van der Waals surface area contributed by atoms with Crippen molar-refractivity contribution in [1.82, 2.24) is 0 Å². The van der Waals surface area contributed by atoms with E-state index < -0.39 is 18.0 Å². The Hall–Kier alpha value is -0.490. The molecule has 76 valence electrons. The summed E-state index contributed by atoms with van der Waals surface area (Å²) in [5.41, 5.74) is 0. The SMILES string of the molecule is C=C(O)/C(Br)=C\C(OC)C(F)(F)F. The zero-order chi connectivity index (χ0) is 10.6. The van der Waals surface area contributed by atoms with Gasteiger partial charge in [0.25, 0.3) is 0 Å². The van der Waals surface area contributed by atoms with Gasteiger partial charge in [0.1, 0.15) is 5.76 Å². The lowest BCUT2D eigenvalue weighted by Crippen LogP contribution is -2.28. The highest BCUT2D eigenvalue weighted by Crippen LogP contribution is 2.26. The van der Waals surface area contributed by atoms with Crippen LogP contribution in [0.15, 0.2) is 22.9 Å². The molecule has 1 N–H and O–H groups in total. The van der Waals surface area contributed by atoms with Crippen LogP contribution in [-0.2, 0) is 4.74 Å². The Bertz CT molecular complexity index is 222. The molecule has 1 atom stereocenters. The van der Waals surface area contributed by atoms with E-state index in [9.17, 15) is 13.2 Å². The van der Waals surface area contributed by atoms with Crippen molar-refractivity contribution in [3.63, 3.8) is 0 Å². The van der Waals surface area contributed by atoms with Crippen molar-refractivity contribution in [3.8, 4) is 0 Å². The van der Waals surface area contributed by atoms with Crippen LogP contribution in [0.5, 0.6) is 0 Å². The van der Waals surface area contributed by atoms with Crippen molar-refractivity contribution in [2.45, 2.75) is 12.3 Å². The first-order chi connectivity index (χ1) is 5.79. The first-order valence-corrected chi connectivity index (χ1v) is 3.93. The number of ether oxygens (including phenoxy) is 1. The monoisotopic (exact) mass is 260 g/mol. The molecule has 0 heterocycles. The Labute approximate surface area is 81.8 Å². The normalized spacial score (nSPS) is 15.6. The van der Waals surface area contributed by atoms with Crippen LogP contribution in [0.4, 0.5) is 13.2 Å². The van der Waals surface area contributed by atoms with E-state index in [1.54, 1.807) is 0 Å². The Morgan fingerprint density at radius 2 is 2.08 bits per heavy atom. The van der Waals surface area contributed by atoms with Gasteiger partial charge in [0, 0.05) is 7.11 Å². The van der Waals surface area contributed by atoms with Crippen molar-refractivity contribution in [2.75, 3.05) is 7.11 Å². The molecular weight excluding hydrogens is 253 g/mol. The summed E-state index contributed by atoms with van der Waals surface area (Å²) in [7, 11) is 0.926. The topological polar surface area (TPSA) is 29.5 Å². The Balaban J connectivity index is 4.64. The molecule has 0 saturated carbocycles. The minimum atomic E-state index is -4.50. The summed E-state index contributed by atoms with van der Waals surface area (Å²) in [5, 5.41) is 8.70. The molecule has 0 aromatic rings. The quantitative estimate of drug-likeness (QED) is 0.625. The summed E-state index contributed by atoms with van der Waals surface area (Å²) in [6.07, 6.45) is -5.86. The molecule has 2 nitrogen and oxygen atoms in total. The van der Waals surface area contributed by atoms with Gasteiger partial charge in [-0.25, -0.2) is 0 Å². The maximum atomic E-state index is 12.0. The highest BCUT2D eigenvalue weighted by Gasteiger charge is 2.38. The predicted molar refractivity (Wildman–Crippen MR) is 45.6 cm³/mol. The molecule has 0 bridgehead atoms. The number of rotatable bonds is 3. The van der Waals surface area contributed by atoms with Crippen LogP contribution in [0.3, 0.4) is 0 Å². The second kappa shape index (κ2) is 4.66. The number of halogens is 4. The molecular formula is C7H8BrF3O2. The number of aliphatic hydroxyl groups excluding tert-OH is 1. The molecule has 0 aromatic carbocycles. The Morgan fingerprint density at radius 3 is 2.31 bits per heavy atom. The van der Waals surface area contributed by atoms with Crippen molar-refractivity contribution < 1.29 is 23.0 Å². The zero-order valence-corrected chi connectivity index (χ0v) is 8.32. The standard InChI is InChI=1S/C7H8BrF3O2/c1-4(12)5(8)3-6(13-2)7(9,10)11/h3,6,12H,1H2,2H3/b5-3+. The number of alkyl halides is 3. The summed E-state index contributed by atoms with van der Waals surface area (Å²) >= 11 is 2.71. The van der Waals surface area contributed by atoms with E-state index >= 15 is 0 Å². The largest absolute Gasteiger partial charge is 0.507 e. The third kappa shape index (κ3) is 4.33. The van der Waals surface area contributed by atoms with Crippen LogP contribution in [0, 0.1) is 0 Å². The van der Waals surface area contributed by atoms with Gasteiger partial charge in [0.15, 0.2) is 6.10 Å². The molecule has 0 amide bonds. The highest BCUT2D eigenvalue weighted by molar-refractivity contribution is 9.11. The summed E-state index contributed by atoms with van der Waals surface area (Å²) in [6, 6.07) is 0. The van der Waals surface area contributed by atoms with Crippen LogP contribution in [0.25, 0.3) is 0 Å². The number of aliphatic hydroxyl groups is 1. The molecule has 0 saturated heterocycles. The molecule has 0 aliphatic heterocycles. The van der Waals surface area contributed by atoms with Gasteiger partial charge < -0.3 is 9.84 Å². The molecule has 0 radical (unpaired) electrons. The van der Waals surface area contributed by atoms with E-state index in [1.807, 2.05) is 0 Å². The number of allylic oxidation sites excluding steroid dienone is 1. The Morgan fingerprint density at radius 1 is 1.62 bits per heavy atom. The minimum absolute atomic E-state index is 0.142. The summed E-state index contributed by atoms with van der Waals surface area (Å²) in [6.45, 7) is 3.04. The number of hydrogen-bond acceptors (Lipinski definition) is 2. The fraction of sp³-hybridized carbons (Fsp3) is 0.429. The van der Waals surface area contributed by atoms with E-state index in [1.165, 1.54) is 0 Å². The van der Waals surface area contributed by atoms with Gasteiger partial charge in [-0.15, -0.1) is 0 Å². The van der Waals surface area contributed by atoms with Gasteiger partial charge in [-0.3, -0.25) is 0 Å². The second-order valence-corrected chi connectivity index (χ2v) is 3.01. The number of methoxy groups -OCH3 is 1. The molecule has 0 aromatic heterocycles. The smallest absolute Gasteiger partial charge is 0.418 e. The number of hydrogen-bond donors (Lipinski definition) is 1. The van der Waals surface area contributed by atoms with Crippen molar-refractivity contribution in [2.24, 2.45) is 0 Å². The van der Waals surface area contributed by atoms with Crippen LogP contribution < -0.4 is 0 Å². The lowest BCUT2D eigenvalue weighted by molar-refractivity contribution is -0.196. The van der Waals surface area contributed by atoms with E-state index in [-0.39, 0.29) is 4.48 Å². The molecule has 0 aliphatic carbocycles. The van der Waals surface area contributed by atoms with Gasteiger partial charge in [0.05, 0.1) is 4.48 Å². The van der Waals surface area contributed by atoms with Gasteiger partial charge in [-0.1, -0.05) is 6.58 Å². The van der Waals surface area contributed by atoms with E-state index in [4.69, 9.17) is 5.11 Å². The molecule has 13 heavy (non-hydrogen) atoms. The molecule has 1 unspecified atom stereocenters. The first-order valence-electron chi connectivity index (χ1n) is 3.14. The molecule has 0 fully saturated rings. The van der Waals surface area contributed by atoms with E-state index in [0.29, 0.717) is 6.08 Å². The van der Waals surface area contributed by atoms with Crippen LogP contribution >= 0.6 is 15.9 Å². The van der Waals surface area contributed by atoms with Crippen molar-refractivity contribution >= 4 is 15.9 Å². The third-order valence-electron chi connectivity index (χ3n) is 1.15. The first kappa shape index (κ1) is 12.5. The third-order valence-corrected chi connectivity index (χ3v) is 1.87. The average molecular weight is 261 g/mol. The van der Waals surface area contributed by atoms with E-state index in [2.05, 4.69) is 27.2 Å². The summed E-state index contributed by atoms with van der Waals surface area (Å²) in [4.78, 5) is 0. The van der Waals surface area contributed by atoms with Crippen LogP contribution in [0.2, 0.25) is 0 Å². The van der Waals surface area contributed by atoms with E-state index in [0.717, 1.165) is 7.11 Å². The Kier molecular flexibility index (Phi) is 4.49. The second-order valence-electron chi connectivity index (χ2n) is 2.16. The summed E-state index contributed by atoms with van der Waals surface area (Å²) < 4.78 is 40.1.